The number of hydrogen-bond acceptors (Lipinski definition) is 4. The predicted octanol–water partition coefficient (Wildman–Crippen LogP) is 2.74. The number of carbonyl (C=O) groups is 1. The normalized spacial score (nSPS) is 15.9. The molecular formula is C19H23N3O2. The van der Waals surface area contributed by atoms with E-state index in [1.807, 2.05) is 36.4 Å². The van der Waals surface area contributed by atoms with Crippen molar-refractivity contribution in [1.82, 2.24) is 9.88 Å². The third-order valence-corrected chi connectivity index (χ3v) is 4.19. The largest absolute Gasteiger partial charge is 0.490 e. The third kappa shape index (κ3) is 4.80. The van der Waals surface area contributed by atoms with Crippen molar-refractivity contribution in [3.8, 4) is 5.75 Å². The number of amides is 1. The number of piperidine rings is 1. The van der Waals surface area contributed by atoms with Gasteiger partial charge in [0, 0.05) is 31.2 Å². The Morgan fingerprint density at radius 2 is 2.00 bits per heavy atom. The van der Waals surface area contributed by atoms with E-state index in [9.17, 15) is 4.79 Å². The van der Waals surface area contributed by atoms with E-state index in [0.717, 1.165) is 42.9 Å². The number of benzene rings is 1. The molecule has 0 saturated carbocycles. The molecule has 1 N–H and O–H groups in total. The molecule has 2 heterocycles. The number of carbonyl (C=O) groups excluding carboxylic acids is 1. The predicted molar refractivity (Wildman–Crippen MR) is 94.2 cm³/mol. The Morgan fingerprint density at radius 3 is 2.67 bits per heavy atom. The summed E-state index contributed by atoms with van der Waals surface area (Å²) in [6, 6.07) is 11.3. The van der Waals surface area contributed by atoms with E-state index in [0.29, 0.717) is 6.42 Å². The lowest BCUT2D eigenvalue weighted by Crippen LogP contribution is -2.35. The van der Waals surface area contributed by atoms with Crippen LogP contribution in [-0.2, 0) is 11.2 Å². The highest BCUT2D eigenvalue weighted by atomic mass is 16.5. The molecule has 2 aromatic rings. The van der Waals surface area contributed by atoms with Crippen LogP contribution in [0.4, 0.5) is 5.69 Å². The van der Waals surface area contributed by atoms with Crippen molar-refractivity contribution in [2.75, 3.05) is 25.5 Å². The standard InChI is InChI=1S/C19H23N3O2/c1-22-11-8-18(9-12-22)24-17-6-4-16(5-7-17)21-19(23)13-15-3-2-10-20-14-15/h2-7,10,14,18H,8-9,11-13H2,1H3,(H,21,23). The number of rotatable bonds is 5. The molecule has 0 radical (unpaired) electrons. The van der Waals surface area contributed by atoms with Gasteiger partial charge in [-0.1, -0.05) is 6.07 Å². The van der Waals surface area contributed by atoms with Gasteiger partial charge >= 0.3 is 0 Å². The number of aromatic nitrogens is 1. The quantitative estimate of drug-likeness (QED) is 0.918. The van der Waals surface area contributed by atoms with Gasteiger partial charge in [-0.05, 0) is 55.8 Å². The second kappa shape index (κ2) is 7.93. The van der Waals surface area contributed by atoms with Crippen molar-refractivity contribution in [1.29, 1.82) is 0 Å². The summed E-state index contributed by atoms with van der Waals surface area (Å²) in [6.07, 6.45) is 6.12. The highest BCUT2D eigenvalue weighted by Gasteiger charge is 2.17. The van der Waals surface area contributed by atoms with Crippen molar-refractivity contribution in [2.45, 2.75) is 25.4 Å². The molecule has 0 aliphatic carbocycles. The first-order valence-corrected chi connectivity index (χ1v) is 8.33. The summed E-state index contributed by atoms with van der Waals surface area (Å²) in [5.41, 5.74) is 1.68. The fourth-order valence-corrected chi connectivity index (χ4v) is 2.81. The van der Waals surface area contributed by atoms with Crippen LogP contribution in [0.1, 0.15) is 18.4 Å². The number of nitrogens with one attached hydrogen (secondary N) is 1. The molecule has 0 unspecified atom stereocenters. The Hall–Kier alpha value is -2.40. The van der Waals surface area contributed by atoms with Crippen LogP contribution >= 0.6 is 0 Å². The number of hydrogen-bond donors (Lipinski definition) is 1. The maximum absolute atomic E-state index is 12.0. The number of likely N-dealkylation sites (tertiary alicyclic amines) is 1. The van der Waals surface area contributed by atoms with E-state index in [1.165, 1.54) is 0 Å². The SMILES string of the molecule is CN1CCC(Oc2ccc(NC(=O)Cc3cccnc3)cc2)CC1. The summed E-state index contributed by atoms with van der Waals surface area (Å²) in [4.78, 5) is 18.4. The number of ether oxygens (including phenoxy) is 1. The number of anilines is 1. The zero-order valence-corrected chi connectivity index (χ0v) is 13.9. The van der Waals surface area contributed by atoms with E-state index < -0.39 is 0 Å². The van der Waals surface area contributed by atoms with Crippen LogP contribution in [0.3, 0.4) is 0 Å². The van der Waals surface area contributed by atoms with Gasteiger partial charge in [-0.3, -0.25) is 9.78 Å². The summed E-state index contributed by atoms with van der Waals surface area (Å²) in [5, 5.41) is 2.90. The van der Waals surface area contributed by atoms with Gasteiger partial charge in [-0.2, -0.15) is 0 Å². The zero-order valence-electron chi connectivity index (χ0n) is 13.9. The maximum atomic E-state index is 12.0. The molecule has 0 spiro atoms. The minimum Gasteiger partial charge on any atom is -0.490 e. The highest BCUT2D eigenvalue weighted by molar-refractivity contribution is 5.92. The average molecular weight is 325 g/mol. The van der Waals surface area contributed by atoms with Crippen LogP contribution in [0.5, 0.6) is 5.75 Å². The monoisotopic (exact) mass is 325 g/mol. The Kier molecular flexibility index (Phi) is 5.43. The van der Waals surface area contributed by atoms with E-state index >= 15 is 0 Å². The van der Waals surface area contributed by atoms with E-state index in [2.05, 4.69) is 22.2 Å². The lowest BCUT2D eigenvalue weighted by molar-refractivity contribution is -0.115. The van der Waals surface area contributed by atoms with Crippen molar-refractivity contribution >= 4 is 11.6 Å². The van der Waals surface area contributed by atoms with Crippen molar-refractivity contribution < 1.29 is 9.53 Å². The third-order valence-electron chi connectivity index (χ3n) is 4.19. The minimum absolute atomic E-state index is 0.0491. The summed E-state index contributed by atoms with van der Waals surface area (Å²) in [6.45, 7) is 2.15. The van der Waals surface area contributed by atoms with Crippen LogP contribution in [0.25, 0.3) is 0 Å². The molecule has 0 atom stereocenters. The molecule has 1 aromatic carbocycles. The summed E-state index contributed by atoms with van der Waals surface area (Å²) in [7, 11) is 2.14. The lowest BCUT2D eigenvalue weighted by atomic mass is 10.1. The Morgan fingerprint density at radius 1 is 1.25 bits per heavy atom. The van der Waals surface area contributed by atoms with Gasteiger partial charge in [-0.25, -0.2) is 0 Å². The molecule has 5 heteroatoms. The van der Waals surface area contributed by atoms with Crippen LogP contribution in [0, 0.1) is 0 Å². The van der Waals surface area contributed by atoms with Crippen LogP contribution in [0.15, 0.2) is 48.8 Å². The molecule has 1 saturated heterocycles. The van der Waals surface area contributed by atoms with Crippen molar-refractivity contribution in [3.63, 3.8) is 0 Å². The van der Waals surface area contributed by atoms with Gasteiger partial charge < -0.3 is 15.0 Å². The first kappa shape index (κ1) is 16.5. The van der Waals surface area contributed by atoms with Crippen molar-refractivity contribution in [3.05, 3.63) is 54.4 Å². The Bertz CT molecular complexity index is 650. The molecule has 5 nitrogen and oxygen atoms in total. The molecule has 1 fully saturated rings. The molecule has 1 aliphatic rings. The highest BCUT2D eigenvalue weighted by Crippen LogP contribution is 2.20. The van der Waals surface area contributed by atoms with E-state index in [4.69, 9.17) is 4.74 Å². The van der Waals surface area contributed by atoms with E-state index in [-0.39, 0.29) is 12.0 Å². The molecule has 3 rings (SSSR count). The van der Waals surface area contributed by atoms with Crippen LogP contribution in [0.2, 0.25) is 0 Å². The first-order chi connectivity index (χ1) is 11.7. The Labute approximate surface area is 142 Å². The second-order valence-electron chi connectivity index (χ2n) is 6.23. The molecule has 1 aromatic heterocycles. The average Bonchev–Trinajstić information content (AvgIpc) is 2.59. The first-order valence-electron chi connectivity index (χ1n) is 8.33. The zero-order chi connectivity index (χ0) is 16.8. The molecule has 24 heavy (non-hydrogen) atoms. The summed E-state index contributed by atoms with van der Waals surface area (Å²) in [5.74, 6) is 0.807. The van der Waals surface area contributed by atoms with Gasteiger partial charge in [-0.15, -0.1) is 0 Å². The van der Waals surface area contributed by atoms with E-state index in [1.54, 1.807) is 12.4 Å². The van der Waals surface area contributed by atoms with Gasteiger partial charge in [0.1, 0.15) is 11.9 Å². The number of pyridine rings is 1. The van der Waals surface area contributed by atoms with Crippen molar-refractivity contribution in [2.24, 2.45) is 0 Å². The van der Waals surface area contributed by atoms with Gasteiger partial charge in [0.15, 0.2) is 0 Å². The Balaban J connectivity index is 1.50. The molecule has 1 aliphatic heterocycles. The molecular weight excluding hydrogens is 302 g/mol. The van der Waals surface area contributed by atoms with Crippen LogP contribution < -0.4 is 10.1 Å². The lowest BCUT2D eigenvalue weighted by Gasteiger charge is -2.29. The molecule has 1 amide bonds. The second-order valence-corrected chi connectivity index (χ2v) is 6.23. The smallest absolute Gasteiger partial charge is 0.228 e. The fourth-order valence-electron chi connectivity index (χ4n) is 2.81. The minimum atomic E-state index is -0.0491. The number of nitrogens with zero attached hydrogens (tertiary/aromatic N) is 2. The van der Waals surface area contributed by atoms with Gasteiger partial charge in [0.2, 0.25) is 5.91 Å². The summed E-state index contributed by atoms with van der Waals surface area (Å²) >= 11 is 0. The van der Waals surface area contributed by atoms with Crippen LogP contribution in [-0.4, -0.2) is 42.0 Å². The van der Waals surface area contributed by atoms with Gasteiger partial charge in [0.05, 0.1) is 6.42 Å². The molecule has 0 bridgehead atoms. The molecule has 126 valence electrons. The maximum Gasteiger partial charge on any atom is 0.228 e. The summed E-state index contributed by atoms with van der Waals surface area (Å²) < 4.78 is 6.01. The topological polar surface area (TPSA) is 54.5 Å². The van der Waals surface area contributed by atoms with Gasteiger partial charge in [0.25, 0.3) is 0 Å². The fraction of sp³-hybridized carbons (Fsp3) is 0.368.